The van der Waals surface area contributed by atoms with Crippen LogP contribution in [-0.4, -0.2) is 61.3 Å². The van der Waals surface area contributed by atoms with Crippen LogP contribution in [0, 0.1) is 6.92 Å². The highest BCUT2D eigenvalue weighted by Crippen LogP contribution is 2.23. The van der Waals surface area contributed by atoms with Crippen LogP contribution in [0.15, 0.2) is 30.3 Å². The number of aryl methyl sites for hydroxylation is 1. The topological polar surface area (TPSA) is 96.4 Å². The molecule has 0 radical (unpaired) electrons. The van der Waals surface area contributed by atoms with E-state index in [1.807, 2.05) is 31.2 Å². The number of piperidine rings is 1. The lowest BCUT2D eigenvalue weighted by Gasteiger charge is -2.31. The summed E-state index contributed by atoms with van der Waals surface area (Å²) in [5, 5.41) is 2.65. The van der Waals surface area contributed by atoms with Gasteiger partial charge in [0.25, 0.3) is 5.91 Å². The summed E-state index contributed by atoms with van der Waals surface area (Å²) in [4.78, 5) is 30.6. The summed E-state index contributed by atoms with van der Waals surface area (Å²) in [5.41, 5.74) is 2.03. The van der Waals surface area contributed by atoms with E-state index in [0.717, 1.165) is 11.1 Å². The van der Waals surface area contributed by atoms with Crippen molar-refractivity contribution >= 4 is 32.6 Å². The van der Waals surface area contributed by atoms with Gasteiger partial charge in [-0.1, -0.05) is 18.2 Å². The predicted molar refractivity (Wildman–Crippen MR) is 103 cm³/mol. The molecular formula is C19H23N3O4S. The van der Waals surface area contributed by atoms with Gasteiger partial charge in [-0.3, -0.25) is 14.6 Å². The molecule has 0 bridgehead atoms. The third-order valence-electron chi connectivity index (χ3n) is 4.94. The highest BCUT2D eigenvalue weighted by Gasteiger charge is 2.33. The van der Waals surface area contributed by atoms with Crippen molar-refractivity contribution in [1.82, 2.24) is 15.2 Å². The van der Waals surface area contributed by atoms with E-state index in [9.17, 15) is 18.0 Å². The van der Waals surface area contributed by atoms with Crippen LogP contribution in [0.25, 0.3) is 10.9 Å². The predicted octanol–water partition coefficient (Wildman–Crippen LogP) is 1.31. The third kappa shape index (κ3) is 4.10. The Bertz CT molecular complexity index is 980. The molecule has 1 aromatic carbocycles. The van der Waals surface area contributed by atoms with Gasteiger partial charge in [0.05, 0.1) is 16.3 Å². The molecule has 0 spiro atoms. The number of amides is 2. The van der Waals surface area contributed by atoms with Gasteiger partial charge in [0, 0.05) is 31.2 Å². The van der Waals surface area contributed by atoms with E-state index in [1.54, 1.807) is 11.0 Å². The summed E-state index contributed by atoms with van der Waals surface area (Å²) in [6.07, 6.45) is 0.671. The number of aromatic nitrogens is 1. The lowest BCUT2D eigenvalue weighted by Crippen LogP contribution is -2.44. The standard InChI is InChI=1S/C19H23N3O4S/c1-13-6-7-14-4-3-5-16(18(14)21-13)19(24)22-10-8-15(9-11-22)27(25,26)12-17(23)20-2/h3-7,15H,8-12H2,1-2H3,(H,20,23). The van der Waals surface area contributed by atoms with Crippen molar-refractivity contribution < 1.29 is 18.0 Å². The molecule has 2 amide bonds. The molecule has 0 aliphatic carbocycles. The fourth-order valence-corrected chi connectivity index (χ4v) is 5.05. The Kier molecular flexibility index (Phi) is 5.46. The molecule has 1 N–H and O–H groups in total. The average Bonchev–Trinajstić information content (AvgIpc) is 2.66. The fourth-order valence-electron chi connectivity index (χ4n) is 3.38. The zero-order chi connectivity index (χ0) is 19.6. The zero-order valence-electron chi connectivity index (χ0n) is 15.4. The summed E-state index contributed by atoms with van der Waals surface area (Å²) >= 11 is 0. The SMILES string of the molecule is CNC(=O)CS(=O)(=O)C1CCN(C(=O)c2cccc3ccc(C)nc23)CC1. The number of benzene rings is 1. The molecule has 1 aliphatic heterocycles. The van der Waals surface area contributed by atoms with E-state index < -0.39 is 26.7 Å². The number of rotatable bonds is 4. The van der Waals surface area contributed by atoms with Crippen LogP contribution < -0.4 is 5.32 Å². The molecular weight excluding hydrogens is 366 g/mol. The number of nitrogens with one attached hydrogen (secondary N) is 1. The van der Waals surface area contributed by atoms with E-state index in [-0.39, 0.29) is 5.91 Å². The molecule has 0 saturated carbocycles. The van der Waals surface area contributed by atoms with E-state index >= 15 is 0 Å². The number of nitrogens with zero attached hydrogens (tertiary/aromatic N) is 2. The van der Waals surface area contributed by atoms with Gasteiger partial charge in [-0.05, 0) is 31.9 Å². The maximum Gasteiger partial charge on any atom is 0.256 e. The lowest BCUT2D eigenvalue weighted by molar-refractivity contribution is -0.118. The number of para-hydroxylation sites is 1. The molecule has 2 heterocycles. The second kappa shape index (κ2) is 7.64. The van der Waals surface area contributed by atoms with Gasteiger partial charge in [-0.25, -0.2) is 8.42 Å². The molecule has 27 heavy (non-hydrogen) atoms. The normalized spacial score (nSPS) is 15.7. The first-order valence-electron chi connectivity index (χ1n) is 8.89. The summed E-state index contributed by atoms with van der Waals surface area (Å²) in [6, 6.07) is 9.33. The van der Waals surface area contributed by atoms with Gasteiger partial charge in [-0.2, -0.15) is 0 Å². The highest BCUT2D eigenvalue weighted by atomic mass is 32.2. The smallest absolute Gasteiger partial charge is 0.256 e. The molecule has 7 nitrogen and oxygen atoms in total. The van der Waals surface area contributed by atoms with E-state index in [0.29, 0.717) is 37.0 Å². The van der Waals surface area contributed by atoms with Gasteiger partial charge >= 0.3 is 0 Å². The molecule has 1 aliphatic rings. The van der Waals surface area contributed by atoms with Crippen molar-refractivity contribution in [3.05, 3.63) is 41.6 Å². The quantitative estimate of drug-likeness (QED) is 0.850. The van der Waals surface area contributed by atoms with Crippen LogP contribution in [0.3, 0.4) is 0 Å². The minimum Gasteiger partial charge on any atom is -0.358 e. The number of pyridine rings is 1. The van der Waals surface area contributed by atoms with E-state index in [4.69, 9.17) is 0 Å². The monoisotopic (exact) mass is 389 g/mol. The molecule has 2 aromatic rings. The number of hydrogen-bond acceptors (Lipinski definition) is 5. The molecule has 0 atom stereocenters. The van der Waals surface area contributed by atoms with Crippen LogP contribution in [-0.2, 0) is 14.6 Å². The summed E-state index contributed by atoms with van der Waals surface area (Å²) in [6.45, 7) is 2.57. The third-order valence-corrected chi connectivity index (χ3v) is 7.09. The van der Waals surface area contributed by atoms with Crippen LogP contribution in [0.2, 0.25) is 0 Å². The first-order chi connectivity index (χ1) is 12.8. The number of carbonyl (C=O) groups excluding carboxylic acids is 2. The number of sulfone groups is 1. The number of carbonyl (C=O) groups is 2. The van der Waals surface area contributed by atoms with Gasteiger partial charge in [-0.15, -0.1) is 0 Å². The average molecular weight is 389 g/mol. The first-order valence-corrected chi connectivity index (χ1v) is 10.6. The Hall–Kier alpha value is -2.48. The molecule has 8 heteroatoms. The Balaban J connectivity index is 1.74. The number of fused-ring (bicyclic) bond motifs is 1. The molecule has 144 valence electrons. The molecule has 0 unspecified atom stereocenters. The summed E-state index contributed by atoms with van der Waals surface area (Å²) < 4.78 is 24.7. The summed E-state index contributed by atoms with van der Waals surface area (Å²) in [7, 11) is -2.10. The van der Waals surface area contributed by atoms with Crippen molar-refractivity contribution in [2.24, 2.45) is 0 Å². The molecule has 3 rings (SSSR count). The van der Waals surface area contributed by atoms with Gasteiger partial charge in [0.2, 0.25) is 5.91 Å². The van der Waals surface area contributed by atoms with Crippen molar-refractivity contribution in [2.45, 2.75) is 25.0 Å². The van der Waals surface area contributed by atoms with Gasteiger partial charge in [0.1, 0.15) is 5.75 Å². The second-order valence-corrected chi connectivity index (χ2v) is 9.08. The fraction of sp³-hybridized carbons (Fsp3) is 0.421. The molecule has 1 aromatic heterocycles. The minimum atomic E-state index is -3.51. The Morgan fingerprint density at radius 3 is 2.56 bits per heavy atom. The molecule has 1 saturated heterocycles. The maximum atomic E-state index is 13.0. The summed E-state index contributed by atoms with van der Waals surface area (Å²) in [5.74, 6) is -1.15. The second-order valence-electron chi connectivity index (χ2n) is 6.80. The van der Waals surface area contributed by atoms with E-state index in [2.05, 4.69) is 10.3 Å². The Labute approximate surface area is 158 Å². The van der Waals surface area contributed by atoms with Crippen LogP contribution in [0.4, 0.5) is 0 Å². The number of likely N-dealkylation sites (tertiary alicyclic amines) is 1. The van der Waals surface area contributed by atoms with Crippen LogP contribution in [0.5, 0.6) is 0 Å². The molecule has 1 fully saturated rings. The highest BCUT2D eigenvalue weighted by molar-refractivity contribution is 7.92. The van der Waals surface area contributed by atoms with Crippen molar-refractivity contribution in [3.8, 4) is 0 Å². The largest absolute Gasteiger partial charge is 0.358 e. The van der Waals surface area contributed by atoms with Crippen LogP contribution >= 0.6 is 0 Å². The first kappa shape index (κ1) is 19.3. The van der Waals surface area contributed by atoms with Crippen LogP contribution in [0.1, 0.15) is 28.9 Å². The van der Waals surface area contributed by atoms with Gasteiger partial charge in [0.15, 0.2) is 9.84 Å². The van der Waals surface area contributed by atoms with Crippen molar-refractivity contribution in [2.75, 3.05) is 25.9 Å². The Morgan fingerprint density at radius 2 is 1.89 bits per heavy atom. The Morgan fingerprint density at radius 1 is 1.19 bits per heavy atom. The van der Waals surface area contributed by atoms with Crippen molar-refractivity contribution in [1.29, 1.82) is 0 Å². The van der Waals surface area contributed by atoms with E-state index in [1.165, 1.54) is 7.05 Å². The maximum absolute atomic E-state index is 13.0. The zero-order valence-corrected chi connectivity index (χ0v) is 16.3. The van der Waals surface area contributed by atoms with Crippen molar-refractivity contribution in [3.63, 3.8) is 0 Å². The number of hydrogen-bond donors (Lipinski definition) is 1. The van der Waals surface area contributed by atoms with Gasteiger partial charge < -0.3 is 10.2 Å². The lowest BCUT2D eigenvalue weighted by atomic mass is 10.1. The minimum absolute atomic E-state index is 0.138.